The molecule has 1 nitrogen and oxygen atoms in total. The molecule has 0 fully saturated rings. The predicted octanol–water partition coefficient (Wildman–Crippen LogP) is 1.69. The third-order valence-corrected chi connectivity index (χ3v) is 0.945. The maximum atomic E-state index is 9.50. The second-order valence-corrected chi connectivity index (χ2v) is 1.56. The first-order valence-corrected chi connectivity index (χ1v) is 2.70. The molecule has 0 rings (SSSR count). The molecule has 2 heteroatoms. The molecule has 0 aromatic rings. The molecule has 0 unspecified atom stereocenters. The van der Waals surface area contributed by atoms with Gasteiger partial charge in [0.1, 0.15) is 0 Å². The average Bonchev–Trinajstić information content (AvgIpc) is 1.41. The lowest BCUT2D eigenvalue weighted by Crippen LogP contribution is -1.57. The van der Waals surface area contributed by atoms with Crippen molar-refractivity contribution in [3.8, 4) is 0 Å². The van der Waals surface area contributed by atoms with Crippen LogP contribution in [0, 0.1) is 0 Å². The van der Waals surface area contributed by atoms with Crippen LogP contribution < -0.4 is 0 Å². The Balaban J connectivity index is 2.40. The molecule has 0 heterocycles. The van der Waals surface area contributed by atoms with Gasteiger partial charge in [0.05, 0.1) is 0 Å². The molecule has 0 aromatic heterocycles. The van der Waals surface area contributed by atoms with Gasteiger partial charge in [0.2, 0.25) is 0 Å². The van der Waals surface area contributed by atoms with E-state index in [0.29, 0.717) is 0 Å². The maximum absolute atomic E-state index is 9.50. The van der Waals surface area contributed by atoms with Crippen molar-refractivity contribution in [2.45, 2.75) is 13.3 Å². The lowest BCUT2D eigenvalue weighted by atomic mass is 10.6. The largest absolute Gasteiger partial charge is 0.275 e. The lowest BCUT2D eigenvalue weighted by Gasteiger charge is -1.66. The molecular formula is C3H7OP. The summed E-state index contributed by atoms with van der Waals surface area (Å²) in [5.41, 5.74) is 0. The molecule has 0 amide bonds. The van der Waals surface area contributed by atoms with Gasteiger partial charge < -0.3 is 0 Å². The van der Waals surface area contributed by atoms with Crippen molar-refractivity contribution in [1.82, 2.24) is 0 Å². The smallest absolute Gasteiger partial charge is 0.155 e. The fourth-order valence-electron chi connectivity index (χ4n) is 0.0913. The topological polar surface area (TPSA) is 17.1 Å². The van der Waals surface area contributed by atoms with Gasteiger partial charge in [0, 0.05) is 6.16 Å². The van der Waals surface area contributed by atoms with E-state index in [1.807, 2.05) is 6.92 Å². The van der Waals surface area contributed by atoms with Crippen LogP contribution >= 0.6 is 8.46 Å². The first-order valence-electron chi connectivity index (χ1n) is 1.71. The van der Waals surface area contributed by atoms with E-state index in [4.69, 9.17) is 0 Å². The summed E-state index contributed by atoms with van der Waals surface area (Å²) < 4.78 is 9.50. The molecule has 0 saturated heterocycles. The number of hydrogen-bond acceptors (Lipinski definition) is 1. The molecular weight excluding hydrogens is 83.0 g/mol. The van der Waals surface area contributed by atoms with Gasteiger partial charge in [-0.05, 0) is 6.42 Å². The minimum atomic E-state index is 0.280. The molecule has 30 valence electrons. The van der Waals surface area contributed by atoms with Crippen LogP contribution in [0.1, 0.15) is 13.3 Å². The molecule has 0 aromatic carbocycles. The molecule has 5 heavy (non-hydrogen) atoms. The Morgan fingerprint density at radius 3 is 2.40 bits per heavy atom. The highest BCUT2D eigenvalue weighted by Crippen LogP contribution is 1.90. The Morgan fingerprint density at radius 2 is 2.40 bits per heavy atom. The summed E-state index contributed by atoms with van der Waals surface area (Å²) in [6, 6.07) is 0. The standard InChI is InChI=1S/C3H7OP/c1-2-3-5-4/h2-3H2,1H3. The van der Waals surface area contributed by atoms with Crippen LogP contribution in [0.4, 0.5) is 0 Å². The fraction of sp³-hybridized carbons (Fsp3) is 1.00. The molecule has 0 aliphatic carbocycles. The van der Waals surface area contributed by atoms with Crippen molar-refractivity contribution in [2.75, 3.05) is 6.16 Å². The van der Waals surface area contributed by atoms with Gasteiger partial charge in [-0.1, -0.05) is 6.92 Å². The quantitative estimate of drug-likeness (QED) is 0.471. The van der Waals surface area contributed by atoms with Crippen molar-refractivity contribution in [3.05, 3.63) is 0 Å². The zero-order valence-electron chi connectivity index (χ0n) is 3.27. The second-order valence-electron chi connectivity index (χ2n) is 0.853. The normalized spacial score (nSPS) is 9.00. The minimum absolute atomic E-state index is 0.280. The van der Waals surface area contributed by atoms with E-state index in [9.17, 15) is 4.57 Å². The number of rotatable bonds is 2. The van der Waals surface area contributed by atoms with E-state index >= 15 is 0 Å². The fourth-order valence-corrected chi connectivity index (χ4v) is 0.274. The Morgan fingerprint density at radius 1 is 1.80 bits per heavy atom. The van der Waals surface area contributed by atoms with Crippen molar-refractivity contribution >= 4 is 8.46 Å². The molecule has 0 radical (unpaired) electrons. The van der Waals surface area contributed by atoms with Crippen LogP contribution in [0.15, 0.2) is 0 Å². The van der Waals surface area contributed by atoms with E-state index in [0.717, 1.165) is 12.6 Å². The highest BCUT2D eigenvalue weighted by Gasteiger charge is 1.68. The molecule has 0 N–H and O–H groups in total. The van der Waals surface area contributed by atoms with Crippen LogP contribution in [0.3, 0.4) is 0 Å². The van der Waals surface area contributed by atoms with E-state index in [-0.39, 0.29) is 8.46 Å². The molecule has 0 atom stereocenters. The van der Waals surface area contributed by atoms with Gasteiger partial charge in [-0.25, -0.2) is 0 Å². The van der Waals surface area contributed by atoms with Crippen LogP contribution in [0.2, 0.25) is 0 Å². The Labute approximate surface area is 33.6 Å². The van der Waals surface area contributed by atoms with Gasteiger partial charge in [0.15, 0.2) is 8.46 Å². The highest BCUT2D eigenvalue weighted by atomic mass is 31.1. The Hall–Kier alpha value is 0.100. The Bertz CT molecular complexity index is 28.1. The van der Waals surface area contributed by atoms with Gasteiger partial charge in [-0.3, -0.25) is 4.57 Å². The molecule has 0 saturated carbocycles. The molecule has 0 spiro atoms. The summed E-state index contributed by atoms with van der Waals surface area (Å²) in [5.74, 6) is 0. The van der Waals surface area contributed by atoms with Gasteiger partial charge in [0.25, 0.3) is 0 Å². The van der Waals surface area contributed by atoms with Gasteiger partial charge in [-0.2, -0.15) is 0 Å². The zero-order valence-corrected chi connectivity index (χ0v) is 4.16. The van der Waals surface area contributed by atoms with Crippen molar-refractivity contribution < 1.29 is 4.57 Å². The maximum Gasteiger partial charge on any atom is 0.155 e. The van der Waals surface area contributed by atoms with Crippen LogP contribution in [0.5, 0.6) is 0 Å². The lowest BCUT2D eigenvalue weighted by molar-refractivity contribution is 0.598. The predicted molar refractivity (Wildman–Crippen MR) is 22.8 cm³/mol. The molecule has 0 bridgehead atoms. The summed E-state index contributed by atoms with van der Waals surface area (Å²) in [6.07, 6.45) is 1.82. The molecule has 0 aliphatic heterocycles. The van der Waals surface area contributed by atoms with Crippen molar-refractivity contribution in [2.24, 2.45) is 0 Å². The van der Waals surface area contributed by atoms with Gasteiger partial charge >= 0.3 is 0 Å². The van der Waals surface area contributed by atoms with Crippen LogP contribution in [0.25, 0.3) is 0 Å². The number of hydrogen-bond donors (Lipinski definition) is 0. The summed E-state index contributed by atoms with van der Waals surface area (Å²) in [4.78, 5) is 0. The van der Waals surface area contributed by atoms with E-state index in [1.54, 1.807) is 0 Å². The van der Waals surface area contributed by atoms with E-state index in [2.05, 4.69) is 0 Å². The van der Waals surface area contributed by atoms with Crippen LogP contribution in [-0.4, -0.2) is 6.16 Å². The second kappa shape index (κ2) is 4.10. The minimum Gasteiger partial charge on any atom is -0.275 e. The Kier molecular flexibility index (Phi) is 4.18. The summed E-state index contributed by atoms with van der Waals surface area (Å²) >= 11 is 0. The summed E-state index contributed by atoms with van der Waals surface area (Å²) in [6.45, 7) is 2.00. The monoisotopic (exact) mass is 90.0 g/mol. The van der Waals surface area contributed by atoms with Crippen molar-refractivity contribution in [3.63, 3.8) is 0 Å². The SMILES string of the molecule is CCCP=O. The highest BCUT2D eigenvalue weighted by molar-refractivity contribution is 7.23. The van der Waals surface area contributed by atoms with E-state index in [1.165, 1.54) is 0 Å². The van der Waals surface area contributed by atoms with E-state index < -0.39 is 0 Å². The third-order valence-electron chi connectivity index (χ3n) is 0.315. The van der Waals surface area contributed by atoms with Crippen LogP contribution in [-0.2, 0) is 4.57 Å². The van der Waals surface area contributed by atoms with Crippen molar-refractivity contribution in [1.29, 1.82) is 0 Å². The first-order chi connectivity index (χ1) is 2.41. The third kappa shape index (κ3) is 4.10. The first kappa shape index (κ1) is 5.10. The molecule has 0 aliphatic rings. The average molecular weight is 90.1 g/mol. The summed E-state index contributed by atoms with van der Waals surface area (Å²) in [7, 11) is 0.280. The van der Waals surface area contributed by atoms with Gasteiger partial charge in [-0.15, -0.1) is 0 Å². The summed E-state index contributed by atoms with van der Waals surface area (Å²) in [5, 5.41) is 0. The zero-order chi connectivity index (χ0) is 4.12.